The number of hydrogen-bond acceptors (Lipinski definition) is 4. The average Bonchev–Trinajstić information content (AvgIpc) is 2.37. The average molecular weight is 276 g/mol. The Hall–Kier alpha value is -1.48. The van der Waals surface area contributed by atoms with Crippen molar-refractivity contribution in [2.75, 3.05) is 13.2 Å². The van der Waals surface area contributed by atoms with Crippen LogP contribution in [0.2, 0.25) is 0 Å². The molecule has 2 bridgehead atoms. The van der Waals surface area contributed by atoms with E-state index in [1.165, 1.54) is 18.2 Å². The summed E-state index contributed by atoms with van der Waals surface area (Å²) in [6, 6.07) is 6.42. The summed E-state index contributed by atoms with van der Waals surface area (Å²) >= 11 is 0. The maximum atomic E-state index is 13.4. The predicted octanol–water partition coefficient (Wildman–Crippen LogP) is 1.12. The van der Waals surface area contributed by atoms with Crippen LogP contribution >= 0.6 is 0 Å². The van der Waals surface area contributed by atoms with E-state index in [9.17, 15) is 9.50 Å². The molecule has 3 rings (SSSR count). The van der Waals surface area contributed by atoms with Crippen molar-refractivity contribution in [1.82, 2.24) is 5.32 Å². The summed E-state index contributed by atoms with van der Waals surface area (Å²) in [4.78, 5) is 0. The van der Waals surface area contributed by atoms with Gasteiger partial charge in [-0.1, -0.05) is 0 Å². The molecular formula is C15H17FN2O2. The van der Waals surface area contributed by atoms with Crippen LogP contribution < -0.4 is 5.32 Å². The summed E-state index contributed by atoms with van der Waals surface area (Å²) in [7, 11) is 0. The molecule has 2 unspecified atom stereocenters. The number of benzene rings is 1. The highest BCUT2D eigenvalue weighted by Crippen LogP contribution is 2.32. The van der Waals surface area contributed by atoms with Crippen molar-refractivity contribution in [3.63, 3.8) is 0 Å². The molecule has 2 saturated heterocycles. The lowest BCUT2D eigenvalue weighted by Gasteiger charge is -2.45. The molecule has 1 aromatic rings. The molecule has 2 atom stereocenters. The van der Waals surface area contributed by atoms with Gasteiger partial charge in [-0.15, -0.1) is 0 Å². The molecule has 0 spiro atoms. The quantitative estimate of drug-likeness (QED) is 0.849. The molecule has 0 saturated carbocycles. The third-order valence-corrected chi connectivity index (χ3v) is 4.07. The van der Waals surface area contributed by atoms with Crippen LogP contribution in [0.15, 0.2) is 18.2 Å². The van der Waals surface area contributed by atoms with Crippen molar-refractivity contribution in [1.29, 1.82) is 5.26 Å². The van der Waals surface area contributed by atoms with Crippen LogP contribution in [0.25, 0.3) is 0 Å². The standard InChI is InChI=1S/C15H17FN2O2/c16-12-2-1-10(7-17)11(3-12)4-15(19)5-13-8-20-9-14(6-15)18-13/h1-3,13-14,18-19H,4-6,8-9H2. The summed E-state index contributed by atoms with van der Waals surface area (Å²) in [5, 5.41) is 23.3. The number of piperidine rings is 1. The zero-order valence-electron chi connectivity index (χ0n) is 11.1. The fraction of sp³-hybridized carbons (Fsp3) is 0.533. The topological polar surface area (TPSA) is 65.3 Å². The van der Waals surface area contributed by atoms with Crippen molar-refractivity contribution in [3.8, 4) is 6.07 Å². The van der Waals surface area contributed by atoms with Gasteiger partial charge in [-0.3, -0.25) is 0 Å². The fourth-order valence-corrected chi connectivity index (χ4v) is 3.33. The summed E-state index contributed by atoms with van der Waals surface area (Å²) in [5.41, 5.74) is 0.111. The Labute approximate surface area is 117 Å². The number of nitrogens with zero attached hydrogens (tertiary/aromatic N) is 1. The second-order valence-electron chi connectivity index (χ2n) is 5.82. The van der Waals surface area contributed by atoms with Gasteiger partial charge in [0.25, 0.3) is 0 Å². The second-order valence-corrected chi connectivity index (χ2v) is 5.82. The van der Waals surface area contributed by atoms with Gasteiger partial charge in [0.1, 0.15) is 5.82 Å². The van der Waals surface area contributed by atoms with Crippen molar-refractivity contribution in [2.24, 2.45) is 0 Å². The Bertz CT molecular complexity index is 543. The SMILES string of the molecule is N#Cc1ccc(F)cc1CC1(O)CC2COCC(C1)N2. The number of morpholine rings is 1. The smallest absolute Gasteiger partial charge is 0.123 e. The molecule has 2 aliphatic rings. The van der Waals surface area contributed by atoms with Gasteiger partial charge < -0.3 is 15.2 Å². The number of hydrogen-bond donors (Lipinski definition) is 2. The third kappa shape index (κ3) is 2.68. The largest absolute Gasteiger partial charge is 0.389 e. The molecule has 2 fully saturated rings. The summed E-state index contributed by atoms with van der Waals surface area (Å²) in [5.74, 6) is -0.375. The first-order valence-electron chi connectivity index (χ1n) is 6.83. The van der Waals surface area contributed by atoms with Crippen LogP contribution in [-0.2, 0) is 11.2 Å². The van der Waals surface area contributed by atoms with E-state index in [4.69, 9.17) is 10.00 Å². The van der Waals surface area contributed by atoms with Gasteiger partial charge in [0, 0.05) is 18.5 Å². The molecule has 2 aliphatic heterocycles. The summed E-state index contributed by atoms with van der Waals surface area (Å²) in [6.07, 6.45) is 1.43. The van der Waals surface area contributed by atoms with E-state index in [2.05, 4.69) is 11.4 Å². The molecule has 1 aromatic carbocycles. The van der Waals surface area contributed by atoms with E-state index < -0.39 is 5.60 Å². The van der Waals surface area contributed by atoms with Crippen molar-refractivity contribution in [2.45, 2.75) is 36.9 Å². The van der Waals surface area contributed by atoms with Crippen LogP contribution in [-0.4, -0.2) is 36.0 Å². The molecule has 0 aliphatic carbocycles. The van der Waals surface area contributed by atoms with Crippen LogP contribution in [0.4, 0.5) is 4.39 Å². The minimum Gasteiger partial charge on any atom is -0.389 e. The van der Waals surface area contributed by atoms with Gasteiger partial charge in [0.05, 0.1) is 30.4 Å². The zero-order chi connectivity index (χ0) is 14.2. The van der Waals surface area contributed by atoms with E-state index in [0.29, 0.717) is 43.6 Å². The van der Waals surface area contributed by atoms with Gasteiger partial charge in [-0.2, -0.15) is 5.26 Å². The summed E-state index contributed by atoms with van der Waals surface area (Å²) in [6.45, 7) is 1.18. The van der Waals surface area contributed by atoms with Crippen molar-refractivity contribution in [3.05, 3.63) is 35.1 Å². The molecule has 2 heterocycles. The highest BCUT2D eigenvalue weighted by atomic mass is 19.1. The maximum absolute atomic E-state index is 13.4. The zero-order valence-corrected chi connectivity index (χ0v) is 11.1. The van der Waals surface area contributed by atoms with Crippen molar-refractivity contribution >= 4 is 0 Å². The highest BCUT2D eigenvalue weighted by Gasteiger charge is 2.41. The first kappa shape index (κ1) is 13.5. The number of aliphatic hydroxyl groups is 1. The van der Waals surface area contributed by atoms with Gasteiger partial charge in [0.15, 0.2) is 0 Å². The molecule has 0 radical (unpaired) electrons. The molecule has 4 nitrogen and oxygen atoms in total. The van der Waals surface area contributed by atoms with Gasteiger partial charge >= 0.3 is 0 Å². The minimum absolute atomic E-state index is 0.131. The Balaban J connectivity index is 1.83. The monoisotopic (exact) mass is 276 g/mol. The number of halogens is 1. The Morgan fingerprint density at radius 2 is 2.10 bits per heavy atom. The molecule has 5 heteroatoms. The normalized spacial score (nSPS) is 32.6. The third-order valence-electron chi connectivity index (χ3n) is 4.07. The van der Waals surface area contributed by atoms with Crippen LogP contribution in [0, 0.1) is 17.1 Å². The van der Waals surface area contributed by atoms with E-state index in [1.54, 1.807) is 0 Å². The molecule has 0 aromatic heterocycles. The highest BCUT2D eigenvalue weighted by molar-refractivity contribution is 5.38. The Kier molecular flexibility index (Phi) is 3.47. The summed E-state index contributed by atoms with van der Waals surface area (Å²) < 4.78 is 18.8. The molecule has 0 amide bonds. The van der Waals surface area contributed by atoms with Crippen LogP contribution in [0.3, 0.4) is 0 Å². The predicted molar refractivity (Wildman–Crippen MR) is 70.5 cm³/mol. The number of rotatable bonds is 2. The molecule has 106 valence electrons. The lowest BCUT2D eigenvalue weighted by atomic mass is 9.78. The Morgan fingerprint density at radius 3 is 2.75 bits per heavy atom. The number of nitriles is 1. The number of ether oxygens (including phenoxy) is 1. The molecule has 20 heavy (non-hydrogen) atoms. The second kappa shape index (κ2) is 5.13. The van der Waals surface area contributed by atoms with Crippen LogP contribution in [0.1, 0.15) is 24.0 Å². The van der Waals surface area contributed by atoms with E-state index >= 15 is 0 Å². The van der Waals surface area contributed by atoms with Gasteiger partial charge in [-0.05, 0) is 36.6 Å². The molecule has 2 N–H and O–H groups in total. The van der Waals surface area contributed by atoms with Crippen molar-refractivity contribution < 1.29 is 14.2 Å². The first-order chi connectivity index (χ1) is 9.58. The maximum Gasteiger partial charge on any atom is 0.123 e. The molecular weight excluding hydrogens is 259 g/mol. The Morgan fingerprint density at radius 1 is 1.40 bits per heavy atom. The van der Waals surface area contributed by atoms with Gasteiger partial charge in [-0.25, -0.2) is 4.39 Å². The number of fused-ring (bicyclic) bond motifs is 2. The van der Waals surface area contributed by atoms with E-state index in [1.807, 2.05) is 0 Å². The minimum atomic E-state index is -0.899. The van der Waals surface area contributed by atoms with E-state index in [-0.39, 0.29) is 17.9 Å². The lowest BCUT2D eigenvalue weighted by molar-refractivity contribution is -0.0755. The van der Waals surface area contributed by atoms with Crippen LogP contribution in [0.5, 0.6) is 0 Å². The lowest BCUT2D eigenvalue weighted by Crippen LogP contribution is -2.60. The number of nitrogens with one attached hydrogen (secondary N) is 1. The first-order valence-corrected chi connectivity index (χ1v) is 6.83. The van der Waals surface area contributed by atoms with E-state index in [0.717, 1.165) is 0 Å². The van der Waals surface area contributed by atoms with Gasteiger partial charge in [0.2, 0.25) is 0 Å². The fourth-order valence-electron chi connectivity index (χ4n) is 3.33.